The lowest BCUT2D eigenvalue weighted by molar-refractivity contribution is -0.129. The number of fused-ring (bicyclic) bond motifs is 1. The van der Waals surface area contributed by atoms with Crippen LogP contribution >= 0.6 is 0 Å². The topological polar surface area (TPSA) is 103 Å². The maximum atomic E-state index is 14.6. The highest BCUT2D eigenvalue weighted by Crippen LogP contribution is 2.52. The molecule has 2 aliphatic rings. The molecule has 0 aromatic heterocycles. The Morgan fingerprint density at radius 2 is 1.53 bits per heavy atom. The van der Waals surface area contributed by atoms with Crippen molar-refractivity contribution in [3.05, 3.63) is 65.7 Å². The molecule has 9 heteroatoms. The SMILES string of the molecule is CC(C)(C)OC(=O)N[C@@H](c1ccccc1)[C@]1(CC2OCCO2)C(=O)N(C(=O)OC(C)(C)C)c2ccccc21. The van der Waals surface area contributed by atoms with Crippen molar-refractivity contribution in [1.82, 2.24) is 5.32 Å². The summed E-state index contributed by atoms with van der Waals surface area (Å²) in [7, 11) is 0. The van der Waals surface area contributed by atoms with E-state index in [1.54, 1.807) is 65.8 Å². The van der Waals surface area contributed by atoms with Gasteiger partial charge in [0, 0.05) is 6.42 Å². The molecule has 2 aromatic carbocycles. The van der Waals surface area contributed by atoms with E-state index in [-0.39, 0.29) is 6.42 Å². The molecule has 1 N–H and O–H groups in total. The van der Waals surface area contributed by atoms with Crippen LogP contribution in [0.5, 0.6) is 0 Å². The molecule has 1 fully saturated rings. The number of anilines is 1. The van der Waals surface area contributed by atoms with Gasteiger partial charge in [0.2, 0.25) is 5.91 Å². The molecule has 3 amide bonds. The normalized spacial score (nSPS) is 20.7. The number of nitrogens with one attached hydrogen (secondary N) is 1. The summed E-state index contributed by atoms with van der Waals surface area (Å²) < 4.78 is 22.8. The van der Waals surface area contributed by atoms with Gasteiger partial charge in [0.25, 0.3) is 0 Å². The Labute approximate surface area is 223 Å². The van der Waals surface area contributed by atoms with E-state index in [2.05, 4.69) is 5.32 Å². The Morgan fingerprint density at radius 3 is 2.13 bits per heavy atom. The number of carbonyl (C=O) groups excluding carboxylic acids is 3. The quantitative estimate of drug-likeness (QED) is 0.571. The minimum absolute atomic E-state index is 0.0531. The molecular formula is C29H36N2O7. The Balaban J connectivity index is 1.90. The number of benzene rings is 2. The molecule has 204 valence electrons. The first-order chi connectivity index (χ1) is 17.8. The third kappa shape index (κ3) is 5.68. The van der Waals surface area contributed by atoms with E-state index in [1.165, 1.54) is 0 Å². The van der Waals surface area contributed by atoms with E-state index < -0.39 is 47.0 Å². The first kappa shape index (κ1) is 27.6. The van der Waals surface area contributed by atoms with E-state index in [0.717, 1.165) is 4.90 Å². The number of hydrogen-bond acceptors (Lipinski definition) is 7. The molecule has 0 unspecified atom stereocenters. The van der Waals surface area contributed by atoms with Crippen LogP contribution in [0.15, 0.2) is 54.6 Å². The zero-order valence-corrected chi connectivity index (χ0v) is 22.8. The minimum atomic E-state index is -1.47. The molecule has 2 heterocycles. The van der Waals surface area contributed by atoms with Crippen molar-refractivity contribution in [3.63, 3.8) is 0 Å². The summed E-state index contributed by atoms with van der Waals surface area (Å²) in [6.07, 6.45) is -2.16. The fourth-order valence-corrected chi connectivity index (χ4v) is 4.90. The molecular weight excluding hydrogens is 488 g/mol. The lowest BCUT2D eigenvalue weighted by atomic mass is 9.69. The highest BCUT2D eigenvalue weighted by molar-refractivity contribution is 6.21. The van der Waals surface area contributed by atoms with Crippen molar-refractivity contribution in [2.24, 2.45) is 0 Å². The van der Waals surface area contributed by atoms with Crippen LogP contribution in [-0.4, -0.2) is 48.8 Å². The van der Waals surface area contributed by atoms with Crippen LogP contribution in [0.25, 0.3) is 0 Å². The highest BCUT2D eigenvalue weighted by Gasteiger charge is 2.60. The fourth-order valence-electron chi connectivity index (χ4n) is 4.90. The third-order valence-electron chi connectivity index (χ3n) is 6.25. The van der Waals surface area contributed by atoms with Gasteiger partial charge in [-0.3, -0.25) is 4.79 Å². The molecule has 0 saturated carbocycles. The smallest absolute Gasteiger partial charge is 0.421 e. The van der Waals surface area contributed by atoms with Gasteiger partial charge < -0.3 is 24.3 Å². The molecule has 2 atom stereocenters. The van der Waals surface area contributed by atoms with Crippen LogP contribution in [0.1, 0.15) is 65.1 Å². The van der Waals surface area contributed by atoms with Gasteiger partial charge in [-0.1, -0.05) is 48.5 Å². The van der Waals surface area contributed by atoms with Crippen molar-refractivity contribution < 1.29 is 33.3 Å². The second-order valence-electron chi connectivity index (χ2n) is 11.5. The second-order valence-corrected chi connectivity index (χ2v) is 11.5. The van der Waals surface area contributed by atoms with E-state index in [4.69, 9.17) is 18.9 Å². The number of rotatable bonds is 5. The van der Waals surface area contributed by atoms with Crippen molar-refractivity contribution in [1.29, 1.82) is 0 Å². The van der Waals surface area contributed by atoms with Crippen molar-refractivity contribution >= 4 is 23.8 Å². The number of para-hydroxylation sites is 1. The number of alkyl carbamates (subject to hydrolysis) is 1. The zero-order valence-electron chi connectivity index (χ0n) is 22.8. The summed E-state index contributed by atoms with van der Waals surface area (Å²) in [5, 5.41) is 2.95. The van der Waals surface area contributed by atoms with Crippen molar-refractivity contribution in [3.8, 4) is 0 Å². The number of amides is 3. The molecule has 0 aliphatic carbocycles. The molecule has 4 rings (SSSR count). The van der Waals surface area contributed by atoms with Crippen LogP contribution in [0.4, 0.5) is 15.3 Å². The number of carbonyl (C=O) groups is 3. The molecule has 9 nitrogen and oxygen atoms in total. The Kier molecular flexibility index (Phi) is 7.54. The fraction of sp³-hybridized carbons (Fsp3) is 0.483. The van der Waals surface area contributed by atoms with Gasteiger partial charge in [-0.2, -0.15) is 0 Å². The highest BCUT2D eigenvalue weighted by atomic mass is 16.7. The summed E-state index contributed by atoms with van der Waals surface area (Å²) in [4.78, 5) is 42.3. The van der Waals surface area contributed by atoms with Gasteiger partial charge >= 0.3 is 12.2 Å². The summed E-state index contributed by atoms with van der Waals surface area (Å²) in [5.41, 5.74) is -1.47. The second kappa shape index (κ2) is 10.4. The average Bonchev–Trinajstić information content (AvgIpc) is 3.41. The van der Waals surface area contributed by atoms with E-state index in [1.807, 2.05) is 30.3 Å². The molecule has 38 heavy (non-hydrogen) atoms. The molecule has 2 aliphatic heterocycles. The Hall–Kier alpha value is -3.43. The van der Waals surface area contributed by atoms with Gasteiger partial charge in [-0.25, -0.2) is 14.5 Å². The monoisotopic (exact) mass is 524 g/mol. The zero-order chi connectivity index (χ0) is 27.7. The van der Waals surface area contributed by atoms with Crippen molar-refractivity contribution in [2.45, 2.75) is 76.9 Å². The van der Waals surface area contributed by atoms with Gasteiger partial charge in [-0.15, -0.1) is 0 Å². The van der Waals surface area contributed by atoms with Crippen LogP contribution in [0.2, 0.25) is 0 Å². The van der Waals surface area contributed by atoms with Gasteiger partial charge in [0.15, 0.2) is 6.29 Å². The van der Waals surface area contributed by atoms with E-state index in [0.29, 0.717) is 30.0 Å². The average molecular weight is 525 g/mol. The molecule has 1 saturated heterocycles. The number of imide groups is 1. The van der Waals surface area contributed by atoms with Gasteiger partial charge in [0.1, 0.15) is 16.6 Å². The van der Waals surface area contributed by atoms with E-state index >= 15 is 0 Å². The molecule has 0 bridgehead atoms. The maximum absolute atomic E-state index is 14.6. The maximum Gasteiger partial charge on any atom is 0.421 e. The van der Waals surface area contributed by atoms with Crippen molar-refractivity contribution in [2.75, 3.05) is 18.1 Å². The van der Waals surface area contributed by atoms with Crippen LogP contribution in [0.3, 0.4) is 0 Å². The van der Waals surface area contributed by atoms with Gasteiger partial charge in [0.05, 0.1) is 24.9 Å². The summed E-state index contributed by atoms with van der Waals surface area (Å²) in [6.45, 7) is 11.3. The minimum Gasteiger partial charge on any atom is -0.444 e. The summed E-state index contributed by atoms with van der Waals surface area (Å²) in [5.74, 6) is -0.544. The number of nitrogens with zero attached hydrogens (tertiary/aromatic N) is 1. The van der Waals surface area contributed by atoms with Crippen LogP contribution in [-0.2, 0) is 29.2 Å². The van der Waals surface area contributed by atoms with Crippen LogP contribution < -0.4 is 10.2 Å². The molecule has 0 radical (unpaired) electrons. The lowest BCUT2D eigenvalue weighted by Gasteiger charge is -2.38. The number of hydrogen-bond donors (Lipinski definition) is 1. The molecule has 2 aromatic rings. The van der Waals surface area contributed by atoms with Crippen LogP contribution in [0, 0.1) is 0 Å². The Bertz CT molecular complexity index is 1180. The van der Waals surface area contributed by atoms with E-state index in [9.17, 15) is 14.4 Å². The largest absolute Gasteiger partial charge is 0.444 e. The Morgan fingerprint density at radius 1 is 0.947 bits per heavy atom. The predicted octanol–water partition coefficient (Wildman–Crippen LogP) is 5.24. The first-order valence-electron chi connectivity index (χ1n) is 12.8. The first-order valence-corrected chi connectivity index (χ1v) is 12.8. The number of ether oxygens (including phenoxy) is 4. The third-order valence-corrected chi connectivity index (χ3v) is 6.25. The molecule has 0 spiro atoms. The lowest BCUT2D eigenvalue weighted by Crippen LogP contribution is -2.54. The van der Waals surface area contributed by atoms with Gasteiger partial charge in [-0.05, 0) is 58.7 Å². The summed E-state index contributed by atoms with van der Waals surface area (Å²) in [6, 6.07) is 15.3. The predicted molar refractivity (Wildman–Crippen MR) is 141 cm³/mol. The standard InChI is InChI=1S/C29H36N2O7/c1-27(2,3)37-25(33)30-23(19-12-8-7-9-13-19)29(18-22-35-16-17-36-22)20-14-10-11-15-21(20)31(24(29)32)26(34)38-28(4,5)6/h7-15,22-23H,16-18H2,1-6H3,(H,30,33)/t23-,29+/m0/s1. The summed E-state index contributed by atoms with van der Waals surface area (Å²) >= 11 is 0.